The third-order valence-corrected chi connectivity index (χ3v) is 9.03. The summed E-state index contributed by atoms with van der Waals surface area (Å²) in [5.41, 5.74) is 6.42. The number of hydrogen-bond acceptors (Lipinski definition) is 16. The number of aliphatic carboxylic acids is 4. The second-order valence-corrected chi connectivity index (χ2v) is 13.2. The smallest absolute Gasteiger partial charge is 0.549 e. The molecule has 0 aliphatic heterocycles. The fourth-order valence-electron chi connectivity index (χ4n) is 6.14. The van der Waals surface area contributed by atoms with E-state index < -0.39 is 50.1 Å². The van der Waals surface area contributed by atoms with Gasteiger partial charge in [-0.05, 0) is 13.8 Å². The van der Waals surface area contributed by atoms with Crippen LogP contribution in [0.2, 0.25) is 0 Å². The number of ether oxygens (including phenoxy) is 4. The third kappa shape index (κ3) is 21.2. The normalized spacial score (nSPS) is 10.7. The molecule has 0 aliphatic carbocycles. The molecule has 62 heavy (non-hydrogen) atoms. The van der Waals surface area contributed by atoms with Crippen molar-refractivity contribution in [3.05, 3.63) is 83.2 Å². The molecule has 0 amide bonds. The van der Waals surface area contributed by atoms with Crippen LogP contribution in [-0.2, 0) is 64.4 Å². The van der Waals surface area contributed by atoms with Crippen LogP contribution in [0.5, 0.6) is 0 Å². The third-order valence-electron chi connectivity index (χ3n) is 9.03. The predicted octanol–water partition coefficient (Wildman–Crippen LogP) is -14.6. The summed E-state index contributed by atoms with van der Waals surface area (Å²) in [6.45, 7) is 4.64. The molecule has 0 saturated carbocycles. The molecule has 2 aromatic heterocycles. The van der Waals surface area contributed by atoms with E-state index in [0.29, 0.717) is 51.0 Å². The molecule has 0 fully saturated rings. The summed E-state index contributed by atoms with van der Waals surface area (Å²) < 4.78 is 26.6. The van der Waals surface area contributed by atoms with Gasteiger partial charge in [0.25, 0.3) is 0 Å². The first-order chi connectivity index (χ1) is 27.9. The van der Waals surface area contributed by atoms with E-state index in [1.54, 1.807) is 9.36 Å². The number of nitrogens with zero attached hydrogens (tertiary/aromatic N) is 6. The van der Waals surface area contributed by atoms with Crippen LogP contribution in [0.3, 0.4) is 0 Å². The van der Waals surface area contributed by atoms with Crippen LogP contribution in [0, 0.1) is 13.8 Å². The van der Waals surface area contributed by atoms with Crippen LogP contribution < -0.4 is 139 Å². The standard InChI is InChI=1S/C40H52N6O12.4Na/c1-29-33(39(31-9-5-3-6-10-31)41-45(29)15-13-43(23-35(47)48)24-36(49)50)27-57-21-19-55-17-18-56-20-22-58-28-34-30(2)46(42-40(34)32-11-7-4-8-12-32)16-14-44(25-37(51)52)26-38(53)54;;;;/h3-12H,13-28H2,1-2H3,(H,47,48)(H,49,50)(H,51,52)(H,53,54);;;;/q;4*+1/p-4. The van der Waals surface area contributed by atoms with Crippen molar-refractivity contribution in [1.29, 1.82) is 0 Å². The average Bonchev–Trinajstić information content (AvgIpc) is 3.67. The van der Waals surface area contributed by atoms with Gasteiger partial charge in [0.2, 0.25) is 0 Å². The minimum Gasteiger partial charge on any atom is -0.549 e. The van der Waals surface area contributed by atoms with E-state index >= 15 is 0 Å². The molecule has 22 heteroatoms. The summed E-state index contributed by atoms with van der Waals surface area (Å²) in [4.78, 5) is 46.9. The number of carbonyl (C=O) groups excluding carboxylic acids is 4. The molecular weight excluding hydrogens is 848 g/mol. The number of carboxylic acids is 4. The van der Waals surface area contributed by atoms with Gasteiger partial charge >= 0.3 is 118 Å². The summed E-state index contributed by atoms with van der Waals surface area (Å²) in [5.74, 6) is -5.54. The van der Waals surface area contributed by atoms with Crippen molar-refractivity contribution in [3.8, 4) is 22.5 Å². The van der Waals surface area contributed by atoms with Crippen LogP contribution in [0.25, 0.3) is 22.5 Å². The maximum Gasteiger partial charge on any atom is 1.00 e. The van der Waals surface area contributed by atoms with Gasteiger partial charge in [0.1, 0.15) is 0 Å². The van der Waals surface area contributed by atoms with E-state index in [1.165, 1.54) is 9.80 Å². The van der Waals surface area contributed by atoms with E-state index in [4.69, 9.17) is 29.1 Å². The summed E-state index contributed by atoms with van der Waals surface area (Å²) in [5, 5.41) is 53.9. The Morgan fingerprint density at radius 2 is 0.790 bits per heavy atom. The Kier molecular flexibility index (Phi) is 32.2. The van der Waals surface area contributed by atoms with Crippen LogP contribution in [0.1, 0.15) is 22.5 Å². The van der Waals surface area contributed by atoms with E-state index in [9.17, 15) is 39.6 Å². The Morgan fingerprint density at radius 3 is 1.08 bits per heavy atom. The van der Waals surface area contributed by atoms with Crippen molar-refractivity contribution in [2.24, 2.45) is 0 Å². The van der Waals surface area contributed by atoms with Crippen LogP contribution >= 0.6 is 0 Å². The maximum absolute atomic E-state index is 11.1. The Bertz CT molecular complexity index is 1770. The Hall–Kier alpha value is -1.50. The minimum atomic E-state index is -1.39. The fraction of sp³-hybridized carbons (Fsp3) is 0.450. The number of carboxylic acid groups (broad SMARTS) is 4. The van der Waals surface area contributed by atoms with Crippen molar-refractivity contribution < 1.29 is 177 Å². The second kappa shape index (κ2) is 33.0. The molecule has 4 rings (SSSR count). The molecule has 0 N–H and O–H groups in total. The SMILES string of the molecule is Cc1c(COCCOCCOCCOCc2c(-c3ccccc3)nn(CCN(CC(=O)[O-])CC(=O)[O-])c2C)c(-c2ccccc2)nn1CCN(CC(=O)[O-])CC(=O)[O-].[Na+].[Na+].[Na+].[Na+]. The molecular formula is C40H48N6Na4O12. The van der Waals surface area contributed by atoms with Gasteiger partial charge in [-0.25, -0.2) is 0 Å². The van der Waals surface area contributed by atoms with Crippen LogP contribution in [0.4, 0.5) is 0 Å². The molecule has 0 unspecified atom stereocenters. The molecule has 0 bridgehead atoms. The Balaban J connectivity index is 0.00000930. The van der Waals surface area contributed by atoms with Crippen molar-refractivity contribution in [1.82, 2.24) is 29.4 Å². The zero-order valence-corrected chi connectivity index (χ0v) is 44.7. The van der Waals surface area contributed by atoms with Crippen molar-refractivity contribution >= 4 is 23.9 Å². The summed E-state index contributed by atoms with van der Waals surface area (Å²) in [6.07, 6.45) is 0. The Labute approximate surface area is 449 Å². The monoisotopic (exact) mass is 896 g/mol. The van der Waals surface area contributed by atoms with Gasteiger partial charge in [0.05, 0.1) is 101 Å². The zero-order chi connectivity index (χ0) is 41.9. The molecule has 2 aromatic carbocycles. The number of aromatic nitrogens is 4. The largest absolute Gasteiger partial charge is 1.00 e. The quantitative estimate of drug-likeness (QED) is 0.0363. The van der Waals surface area contributed by atoms with Gasteiger partial charge in [-0.1, -0.05) is 60.7 Å². The molecule has 0 aliphatic rings. The second-order valence-electron chi connectivity index (χ2n) is 13.2. The van der Waals surface area contributed by atoms with Crippen LogP contribution in [0.15, 0.2) is 60.7 Å². The minimum absolute atomic E-state index is 0. The fourth-order valence-corrected chi connectivity index (χ4v) is 6.14. The summed E-state index contributed by atoms with van der Waals surface area (Å²) in [6, 6.07) is 19.0. The first-order valence-corrected chi connectivity index (χ1v) is 18.7. The van der Waals surface area contributed by atoms with Crippen molar-refractivity contribution in [3.63, 3.8) is 0 Å². The molecule has 314 valence electrons. The van der Waals surface area contributed by atoms with E-state index in [-0.39, 0.29) is 158 Å². The average molecular weight is 897 g/mol. The van der Waals surface area contributed by atoms with Gasteiger partial charge in [0.15, 0.2) is 0 Å². The first-order valence-electron chi connectivity index (χ1n) is 18.7. The maximum atomic E-state index is 11.1. The molecule has 4 aromatic rings. The van der Waals surface area contributed by atoms with Gasteiger partial charge in [0, 0.05) is 72.9 Å². The molecule has 0 spiro atoms. The number of benzene rings is 2. The number of hydrogen-bond donors (Lipinski definition) is 0. The first kappa shape index (κ1) is 60.5. The van der Waals surface area contributed by atoms with E-state index in [1.807, 2.05) is 74.5 Å². The van der Waals surface area contributed by atoms with Gasteiger partial charge < -0.3 is 58.6 Å². The topological polar surface area (TPSA) is 240 Å². The van der Waals surface area contributed by atoms with E-state index in [2.05, 4.69) is 0 Å². The Morgan fingerprint density at radius 1 is 0.500 bits per heavy atom. The number of carbonyl (C=O) groups is 4. The summed E-state index contributed by atoms with van der Waals surface area (Å²) in [7, 11) is 0. The van der Waals surface area contributed by atoms with Gasteiger partial charge in [-0.3, -0.25) is 19.2 Å². The zero-order valence-electron chi connectivity index (χ0n) is 36.7. The molecule has 0 atom stereocenters. The number of rotatable bonds is 29. The molecule has 0 radical (unpaired) electrons. The van der Waals surface area contributed by atoms with Crippen molar-refractivity contribution in [2.45, 2.75) is 40.2 Å². The van der Waals surface area contributed by atoms with Crippen molar-refractivity contribution in [2.75, 3.05) is 78.9 Å². The predicted molar refractivity (Wildman–Crippen MR) is 199 cm³/mol. The van der Waals surface area contributed by atoms with E-state index in [0.717, 1.165) is 33.6 Å². The van der Waals surface area contributed by atoms with Gasteiger partial charge in [-0.15, -0.1) is 0 Å². The van der Waals surface area contributed by atoms with Crippen LogP contribution in [-0.4, -0.2) is 132 Å². The molecule has 0 saturated heterocycles. The van der Waals surface area contributed by atoms with Gasteiger partial charge in [-0.2, -0.15) is 10.2 Å². The molecule has 18 nitrogen and oxygen atoms in total. The summed E-state index contributed by atoms with van der Waals surface area (Å²) >= 11 is 0. The molecule has 2 heterocycles.